The van der Waals surface area contributed by atoms with Crippen molar-refractivity contribution in [2.24, 2.45) is 11.8 Å². The second kappa shape index (κ2) is 7.00. The number of hydrogen-bond acceptors (Lipinski definition) is 2. The van der Waals surface area contributed by atoms with Gasteiger partial charge in [-0.3, -0.25) is 4.79 Å². The topological polar surface area (TPSA) is 69.6 Å². The van der Waals surface area contributed by atoms with Crippen LogP contribution in [-0.4, -0.2) is 47.3 Å². The highest BCUT2D eigenvalue weighted by Crippen LogP contribution is 2.28. The Bertz CT molecular complexity index is 377. The van der Waals surface area contributed by atoms with Crippen LogP contribution < -0.4 is 5.32 Å². The lowest BCUT2D eigenvalue weighted by Crippen LogP contribution is -2.51. The molecule has 8 heteroatoms. The van der Waals surface area contributed by atoms with Crippen molar-refractivity contribution in [1.29, 1.82) is 0 Å². The van der Waals surface area contributed by atoms with Gasteiger partial charge in [0.15, 0.2) is 0 Å². The lowest BCUT2D eigenvalue weighted by Gasteiger charge is -2.33. The van der Waals surface area contributed by atoms with E-state index >= 15 is 0 Å². The maximum atomic E-state index is 12.4. The van der Waals surface area contributed by atoms with E-state index in [4.69, 9.17) is 5.11 Å². The Morgan fingerprint density at radius 3 is 2.14 bits per heavy atom. The molecule has 1 rings (SSSR count). The molecule has 21 heavy (non-hydrogen) atoms. The first-order valence-electron chi connectivity index (χ1n) is 6.90. The molecule has 0 bridgehead atoms. The van der Waals surface area contributed by atoms with E-state index in [1.807, 2.05) is 13.8 Å². The summed E-state index contributed by atoms with van der Waals surface area (Å²) in [6.45, 7) is 1.52. The maximum absolute atomic E-state index is 12.4. The molecule has 1 aliphatic rings. The average molecular weight is 310 g/mol. The minimum absolute atomic E-state index is 0.208. The van der Waals surface area contributed by atoms with Gasteiger partial charge in [0.05, 0.1) is 0 Å². The van der Waals surface area contributed by atoms with Crippen molar-refractivity contribution >= 4 is 12.0 Å². The third-order valence-corrected chi connectivity index (χ3v) is 3.49. The number of alkyl halides is 3. The molecule has 0 aliphatic heterocycles. The first-order valence-corrected chi connectivity index (χ1v) is 6.90. The third-order valence-electron chi connectivity index (χ3n) is 3.49. The SMILES string of the molecule is CC1CC(C)CC(NC(=O)N(CC(=O)O)CC(F)(F)F)C1. The average Bonchev–Trinajstić information content (AvgIpc) is 2.23. The number of carbonyl (C=O) groups excluding carboxylic acids is 1. The summed E-state index contributed by atoms with van der Waals surface area (Å²) in [6.07, 6.45) is -2.21. The van der Waals surface area contributed by atoms with Crippen LogP contribution >= 0.6 is 0 Å². The van der Waals surface area contributed by atoms with Crippen molar-refractivity contribution in [3.63, 3.8) is 0 Å². The van der Waals surface area contributed by atoms with E-state index in [0.717, 1.165) is 6.42 Å². The van der Waals surface area contributed by atoms with Crippen LogP contribution in [0.3, 0.4) is 0 Å². The van der Waals surface area contributed by atoms with Gasteiger partial charge in [-0.05, 0) is 31.1 Å². The Morgan fingerprint density at radius 1 is 1.19 bits per heavy atom. The zero-order valence-electron chi connectivity index (χ0n) is 12.1. The summed E-state index contributed by atoms with van der Waals surface area (Å²) in [5.41, 5.74) is 0. The Hall–Kier alpha value is -1.47. The molecule has 1 fully saturated rings. The van der Waals surface area contributed by atoms with Crippen molar-refractivity contribution < 1.29 is 27.9 Å². The van der Waals surface area contributed by atoms with E-state index < -0.39 is 31.3 Å². The van der Waals surface area contributed by atoms with Crippen molar-refractivity contribution in [3.8, 4) is 0 Å². The zero-order chi connectivity index (χ0) is 16.2. The summed E-state index contributed by atoms with van der Waals surface area (Å²) in [7, 11) is 0. The number of aliphatic carboxylic acids is 1. The van der Waals surface area contributed by atoms with E-state index in [-0.39, 0.29) is 10.9 Å². The molecule has 0 heterocycles. The van der Waals surface area contributed by atoms with Crippen LogP contribution in [0, 0.1) is 11.8 Å². The number of nitrogens with one attached hydrogen (secondary N) is 1. The highest BCUT2D eigenvalue weighted by atomic mass is 19.4. The van der Waals surface area contributed by atoms with Crippen LogP contribution in [0.5, 0.6) is 0 Å². The predicted molar refractivity (Wildman–Crippen MR) is 69.8 cm³/mol. The number of carboxylic acid groups (broad SMARTS) is 1. The quantitative estimate of drug-likeness (QED) is 0.838. The number of amides is 2. The number of nitrogens with zero attached hydrogens (tertiary/aromatic N) is 1. The van der Waals surface area contributed by atoms with Gasteiger partial charge in [-0.15, -0.1) is 0 Å². The van der Waals surface area contributed by atoms with Gasteiger partial charge >= 0.3 is 18.2 Å². The van der Waals surface area contributed by atoms with Gasteiger partial charge in [-0.25, -0.2) is 4.79 Å². The fraction of sp³-hybridized carbons (Fsp3) is 0.846. The van der Waals surface area contributed by atoms with E-state index in [1.165, 1.54) is 0 Å². The fourth-order valence-corrected chi connectivity index (χ4v) is 2.91. The van der Waals surface area contributed by atoms with Gasteiger partial charge in [-0.1, -0.05) is 13.8 Å². The zero-order valence-corrected chi connectivity index (χ0v) is 12.1. The second-order valence-corrected chi connectivity index (χ2v) is 5.93. The second-order valence-electron chi connectivity index (χ2n) is 5.93. The normalized spacial score (nSPS) is 26.2. The Balaban J connectivity index is 2.65. The molecule has 5 nitrogen and oxygen atoms in total. The first-order chi connectivity index (χ1) is 9.56. The molecular weight excluding hydrogens is 289 g/mol. The molecule has 0 aromatic carbocycles. The van der Waals surface area contributed by atoms with E-state index in [2.05, 4.69) is 5.32 Å². The monoisotopic (exact) mass is 310 g/mol. The molecule has 1 aliphatic carbocycles. The summed E-state index contributed by atoms with van der Waals surface area (Å²) in [6, 6.07) is -1.18. The molecule has 2 N–H and O–H groups in total. The summed E-state index contributed by atoms with van der Waals surface area (Å²) in [4.78, 5) is 22.8. The van der Waals surface area contributed by atoms with Crippen LogP contribution in [0.4, 0.5) is 18.0 Å². The predicted octanol–water partition coefficient (Wildman–Crippen LogP) is 2.47. The number of carbonyl (C=O) groups is 2. The number of rotatable bonds is 4. The molecule has 2 amide bonds. The first kappa shape index (κ1) is 17.6. The summed E-state index contributed by atoms with van der Waals surface area (Å²) < 4.78 is 37.2. The maximum Gasteiger partial charge on any atom is 0.406 e. The number of hydrogen-bond donors (Lipinski definition) is 2. The molecule has 2 atom stereocenters. The molecule has 0 aromatic rings. The van der Waals surface area contributed by atoms with Crippen LogP contribution in [-0.2, 0) is 4.79 Å². The number of halogens is 3. The van der Waals surface area contributed by atoms with E-state index in [9.17, 15) is 22.8 Å². The summed E-state index contributed by atoms with van der Waals surface area (Å²) >= 11 is 0. The molecule has 0 radical (unpaired) electrons. The van der Waals surface area contributed by atoms with Crippen LogP contribution in [0.1, 0.15) is 33.1 Å². The molecule has 0 saturated heterocycles. The van der Waals surface area contributed by atoms with Gasteiger partial charge in [-0.2, -0.15) is 13.2 Å². The smallest absolute Gasteiger partial charge is 0.406 e. The van der Waals surface area contributed by atoms with E-state index in [0.29, 0.717) is 24.7 Å². The minimum Gasteiger partial charge on any atom is -0.480 e. The standard InChI is InChI=1S/C13H21F3N2O3/c1-8-3-9(2)5-10(4-8)17-12(21)18(6-11(19)20)7-13(14,15)16/h8-10H,3-7H2,1-2H3,(H,17,21)(H,19,20). The molecular formula is C13H21F3N2O3. The van der Waals surface area contributed by atoms with Crippen molar-refractivity contribution in [3.05, 3.63) is 0 Å². The number of carboxylic acids is 1. The van der Waals surface area contributed by atoms with Gasteiger partial charge in [0.1, 0.15) is 13.1 Å². The highest BCUT2D eigenvalue weighted by molar-refractivity contribution is 5.80. The molecule has 0 aromatic heterocycles. The number of urea groups is 1. The molecule has 2 unspecified atom stereocenters. The Kier molecular flexibility index (Phi) is 5.86. The highest BCUT2D eigenvalue weighted by Gasteiger charge is 2.35. The van der Waals surface area contributed by atoms with Crippen LogP contribution in [0.25, 0.3) is 0 Å². The lowest BCUT2D eigenvalue weighted by molar-refractivity contribution is -0.149. The van der Waals surface area contributed by atoms with Gasteiger partial charge in [0.2, 0.25) is 0 Å². The third kappa shape index (κ3) is 6.68. The summed E-state index contributed by atoms with van der Waals surface area (Å²) in [5.74, 6) is -0.705. The Labute approximate surface area is 121 Å². The fourth-order valence-electron chi connectivity index (χ4n) is 2.91. The largest absolute Gasteiger partial charge is 0.480 e. The van der Waals surface area contributed by atoms with Crippen LogP contribution in [0.15, 0.2) is 0 Å². The minimum atomic E-state index is -4.63. The lowest BCUT2D eigenvalue weighted by atomic mass is 9.80. The van der Waals surface area contributed by atoms with E-state index in [1.54, 1.807) is 0 Å². The van der Waals surface area contributed by atoms with Gasteiger partial charge < -0.3 is 15.3 Å². The van der Waals surface area contributed by atoms with Gasteiger partial charge in [0, 0.05) is 6.04 Å². The van der Waals surface area contributed by atoms with Crippen molar-refractivity contribution in [2.75, 3.05) is 13.1 Å². The molecule has 122 valence electrons. The molecule has 0 spiro atoms. The Morgan fingerprint density at radius 2 is 1.71 bits per heavy atom. The molecule has 1 saturated carbocycles. The van der Waals surface area contributed by atoms with Gasteiger partial charge in [0.25, 0.3) is 0 Å². The summed E-state index contributed by atoms with van der Waals surface area (Å²) in [5, 5.41) is 11.2. The van der Waals surface area contributed by atoms with Crippen molar-refractivity contribution in [1.82, 2.24) is 10.2 Å². The van der Waals surface area contributed by atoms with Crippen molar-refractivity contribution in [2.45, 2.75) is 45.3 Å². The van der Waals surface area contributed by atoms with Crippen LogP contribution in [0.2, 0.25) is 0 Å².